The van der Waals surface area contributed by atoms with Crippen molar-refractivity contribution in [3.8, 4) is 0 Å². The molecule has 7 rings (SSSR count). The summed E-state index contributed by atoms with van der Waals surface area (Å²) in [4.78, 5) is 27.3. The molecule has 0 spiro atoms. The molecule has 0 radical (unpaired) electrons. The molecule has 3 aliphatic rings. The molecular formula is C60H76N4O6S. The second kappa shape index (κ2) is 25.1. The number of carbonyl (C=O) groups is 2. The van der Waals surface area contributed by atoms with Gasteiger partial charge in [-0.15, -0.1) is 0 Å². The molecule has 4 aromatic carbocycles. The number of nitrogens with zero attached hydrogens (tertiary/aromatic N) is 2. The average Bonchev–Trinajstić information content (AvgIpc) is 3.69. The van der Waals surface area contributed by atoms with E-state index >= 15 is 0 Å². The van der Waals surface area contributed by atoms with Crippen LogP contribution in [0, 0.1) is 0 Å². The summed E-state index contributed by atoms with van der Waals surface area (Å²) in [6.07, 6.45) is 31.8. The van der Waals surface area contributed by atoms with E-state index in [0.29, 0.717) is 38.9 Å². The van der Waals surface area contributed by atoms with Gasteiger partial charge in [0.25, 0.3) is 0 Å². The van der Waals surface area contributed by atoms with Crippen molar-refractivity contribution in [2.75, 3.05) is 36.8 Å². The summed E-state index contributed by atoms with van der Waals surface area (Å²) < 4.78 is 42.2. The van der Waals surface area contributed by atoms with Gasteiger partial charge in [0, 0.05) is 79.2 Å². The Labute approximate surface area is 423 Å². The van der Waals surface area contributed by atoms with Crippen LogP contribution in [0.4, 0.5) is 16.2 Å². The summed E-state index contributed by atoms with van der Waals surface area (Å²) in [7, 11) is -4.26. The summed E-state index contributed by atoms with van der Waals surface area (Å²) in [6, 6.07) is 25.9. The van der Waals surface area contributed by atoms with Crippen molar-refractivity contribution in [1.82, 2.24) is 10.6 Å². The minimum absolute atomic E-state index is 0.0271. The number of nitrogens with one attached hydrogen (secondary N) is 2. The average molecular weight is 981 g/mol. The minimum Gasteiger partial charge on any atom is -0.748 e. The van der Waals surface area contributed by atoms with Crippen LogP contribution in [0.15, 0.2) is 133 Å². The summed E-state index contributed by atoms with van der Waals surface area (Å²) in [5.41, 5.74) is 6.79. The van der Waals surface area contributed by atoms with Crippen LogP contribution < -0.4 is 15.5 Å². The number of hydrogen-bond acceptors (Lipinski definition) is 7. The second-order valence-electron chi connectivity index (χ2n) is 20.5. The van der Waals surface area contributed by atoms with E-state index in [9.17, 15) is 22.6 Å². The second-order valence-corrected chi connectivity index (χ2v) is 22.0. The Balaban J connectivity index is 0.917. The van der Waals surface area contributed by atoms with Crippen LogP contribution in [0.25, 0.3) is 21.5 Å². The van der Waals surface area contributed by atoms with Gasteiger partial charge in [0.1, 0.15) is 12.6 Å². The van der Waals surface area contributed by atoms with E-state index < -0.39 is 10.1 Å². The number of benzene rings is 4. The van der Waals surface area contributed by atoms with Crippen LogP contribution in [0.1, 0.15) is 135 Å². The lowest BCUT2D eigenvalue weighted by molar-refractivity contribution is -0.438. The minimum atomic E-state index is -4.26. The Morgan fingerprint density at radius 2 is 1.41 bits per heavy atom. The molecule has 0 saturated carbocycles. The third kappa shape index (κ3) is 14.0. The summed E-state index contributed by atoms with van der Waals surface area (Å²) >= 11 is 0. The number of rotatable bonds is 23. The standard InChI is InChI=1S/C60H76N4O6S/c1-59(2)53(34-16-9-6-10-17-35-54-60(3,4)57-50-33-22-20-29-47(50)38-40-52(57)64(54)44-26-27-45-71(67,68)69)63(51-39-37-46-28-19-21-32-49(46)56(51)59)43-25-13-18-36-55(65)61-41-23-11-12-24-42-62-58(66)70-48-30-14-7-5-8-15-31-48/h6-7,9-10,14,16-17,19-22,28-29,32-35,37-40,48H,5,8,11-13,15,18,23-27,30-31,36,41-45H2,1-4H3,(H2-,61,62,65,66,67,68,69)/b14-7+. The number of hydrogen-bond donors (Lipinski definition) is 2. The molecule has 1 atom stereocenters. The normalized spacial score (nSPS) is 18.7. The van der Waals surface area contributed by atoms with Gasteiger partial charge in [-0.2, -0.15) is 4.58 Å². The predicted molar refractivity (Wildman–Crippen MR) is 291 cm³/mol. The molecule has 1 aliphatic carbocycles. The van der Waals surface area contributed by atoms with Gasteiger partial charge in [0.2, 0.25) is 11.6 Å². The van der Waals surface area contributed by atoms with Crippen LogP contribution in [0.3, 0.4) is 0 Å². The van der Waals surface area contributed by atoms with E-state index in [1.807, 2.05) is 0 Å². The number of amides is 2. The predicted octanol–water partition coefficient (Wildman–Crippen LogP) is 12.9. The fourth-order valence-electron chi connectivity index (χ4n) is 10.8. The first-order valence-electron chi connectivity index (χ1n) is 26.2. The summed E-state index contributed by atoms with van der Waals surface area (Å²) in [5, 5.41) is 10.9. The lowest BCUT2D eigenvalue weighted by Crippen LogP contribution is -2.29. The third-order valence-corrected chi connectivity index (χ3v) is 15.2. The van der Waals surface area contributed by atoms with Crippen molar-refractivity contribution >= 4 is 60.7 Å². The highest BCUT2D eigenvalue weighted by Crippen LogP contribution is 2.51. The number of fused-ring (bicyclic) bond motifs is 6. The first-order chi connectivity index (χ1) is 34.3. The van der Waals surface area contributed by atoms with Crippen LogP contribution in [0.2, 0.25) is 0 Å². The van der Waals surface area contributed by atoms with Crippen LogP contribution >= 0.6 is 0 Å². The first-order valence-corrected chi connectivity index (χ1v) is 27.8. The van der Waals surface area contributed by atoms with E-state index in [1.54, 1.807) is 0 Å². The molecule has 0 saturated heterocycles. The Morgan fingerprint density at radius 3 is 2.17 bits per heavy atom. The van der Waals surface area contributed by atoms with E-state index in [4.69, 9.17) is 4.74 Å². The van der Waals surface area contributed by atoms with Crippen molar-refractivity contribution in [2.24, 2.45) is 0 Å². The van der Waals surface area contributed by atoms with E-state index in [-0.39, 0.29) is 34.7 Å². The van der Waals surface area contributed by atoms with E-state index in [2.05, 4.69) is 175 Å². The molecule has 378 valence electrons. The molecule has 1 unspecified atom stereocenters. The quantitative estimate of drug-likeness (QED) is 0.0249. The van der Waals surface area contributed by atoms with E-state index in [0.717, 1.165) is 95.0 Å². The maximum Gasteiger partial charge on any atom is 0.407 e. The number of anilines is 1. The van der Waals surface area contributed by atoms with Crippen molar-refractivity contribution < 1.29 is 31.9 Å². The Hall–Kier alpha value is -5.78. The molecule has 11 heteroatoms. The Kier molecular flexibility index (Phi) is 18.7. The van der Waals surface area contributed by atoms with Crippen molar-refractivity contribution in [3.05, 3.63) is 144 Å². The van der Waals surface area contributed by atoms with Crippen LogP contribution in [0.5, 0.6) is 0 Å². The number of allylic oxidation sites excluding steroid dienone is 9. The van der Waals surface area contributed by atoms with Gasteiger partial charge >= 0.3 is 6.09 Å². The highest BCUT2D eigenvalue weighted by Gasteiger charge is 2.45. The topological polar surface area (TPSA) is 131 Å². The molecule has 4 aromatic rings. The maximum absolute atomic E-state index is 12.7. The zero-order valence-electron chi connectivity index (χ0n) is 42.6. The highest BCUT2D eigenvalue weighted by atomic mass is 32.2. The molecule has 71 heavy (non-hydrogen) atoms. The molecular weight excluding hydrogens is 905 g/mol. The van der Waals surface area contributed by atoms with Gasteiger partial charge in [-0.25, -0.2) is 13.2 Å². The van der Waals surface area contributed by atoms with Gasteiger partial charge in [-0.3, -0.25) is 4.79 Å². The largest absolute Gasteiger partial charge is 0.748 e. The van der Waals surface area contributed by atoms with Gasteiger partial charge in [0.05, 0.1) is 15.5 Å². The van der Waals surface area contributed by atoms with E-state index in [1.165, 1.54) is 44.1 Å². The summed E-state index contributed by atoms with van der Waals surface area (Å²) in [5.74, 6) is -0.244. The molecule has 2 aliphatic heterocycles. The molecule has 10 nitrogen and oxygen atoms in total. The molecule has 2 N–H and O–H groups in total. The molecule has 2 amide bonds. The molecule has 0 aromatic heterocycles. The molecule has 0 bridgehead atoms. The van der Waals surface area contributed by atoms with Crippen molar-refractivity contribution in [1.29, 1.82) is 0 Å². The third-order valence-electron chi connectivity index (χ3n) is 14.5. The highest BCUT2D eigenvalue weighted by molar-refractivity contribution is 7.85. The monoisotopic (exact) mass is 981 g/mol. The number of unbranched alkanes of at least 4 members (excludes halogenated alkanes) is 6. The van der Waals surface area contributed by atoms with Gasteiger partial charge < -0.3 is 24.8 Å². The van der Waals surface area contributed by atoms with Crippen molar-refractivity contribution in [3.63, 3.8) is 0 Å². The van der Waals surface area contributed by atoms with Crippen molar-refractivity contribution in [2.45, 2.75) is 141 Å². The van der Waals surface area contributed by atoms with Crippen LogP contribution in [-0.2, 0) is 30.5 Å². The first kappa shape index (κ1) is 53.0. The maximum atomic E-state index is 12.7. The smallest absolute Gasteiger partial charge is 0.407 e. The van der Waals surface area contributed by atoms with Gasteiger partial charge in [0.15, 0.2) is 5.71 Å². The number of ether oxygens (including phenoxy) is 1. The zero-order chi connectivity index (χ0) is 50.3. The van der Waals surface area contributed by atoms with Crippen LogP contribution in [-0.4, -0.2) is 73.3 Å². The zero-order valence-corrected chi connectivity index (χ0v) is 43.4. The SMILES string of the molecule is CC1(C)C(=CC=CC=CC=CC2=[N+](CCCCCC(=O)NCCCCCCNC(=O)OC3C/C=C/CCCC3)c3ccc4ccccc4c3C2(C)C)N(CCCCS(=O)(=O)[O-])c2ccc3ccccc3c21. The Bertz CT molecular complexity index is 2800. The number of carbonyl (C=O) groups excluding carboxylic acids is 2. The fourth-order valence-corrected chi connectivity index (χ4v) is 11.4. The fraction of sp³-hybridized carbons (Fsp3) is 0.450. The Morgan fingerprint density at radius 1 is 0.732 bits per heavy atom. The molecule has 0 fully saturated rings. The lowest BCUT2D eigenvalue weighted by atomic mass is 9.79. The van der Waals surface area contributed by atoms with Gasteiger partial charge in [-0.05, 0) is 123 Å². The summed E-state index contributed by atoms with van der Waals surface area (Å²) in [6.45, 7) is 11.9. The van der Waals surface area contributed by atoms with Gasteiger partial charge in [-0.1, -0.05) is 124 Å². The lowest BCUT2D eigenvalue weighted by Gasteiger charge is -2.27. The molecule has 2 heterocycles. The number of alkyl carbamates (subject to hydrolysis) is 1.